The van der Waals surface area contributed by atoms with E-state index in [9.17, 15) is 9.59 Å². The van der Waals surface area contributed by atoms with Gasteiger partial charge in [-0.05, 0) is 39.7 Å². The molecule has 0 saturated heterocycles. The topological polar surface area (TPSA) is 51.1 Å². The minimum absolute atomic E-state index is 0.0150. The Labute approximate surface area is 129 Å². The molecule has 0 aliphatic carbocycles. The van der Waals surface area contributed by atoms with Crippen LogP contribution in [-0.4, -0.2) is 10.5 Å². The average molecular weight is 356 g/mol. The van der Waals surface area contributed by atoms with Crippen LogP contribution in [0.3, 0.4) is 0 Å². The maximum atomic E-state index is 11.8. The summed E-state index contributed by atoms with van der Waals surface area (Å²) >= 11 is 9.13. The Hall–Kier alpha value is -1.59. The first-order valence-electron chi connectivity index (χ1n) is 5.92. The number of benzene rings is 1. The maximum Gasteiger partial charge on any atom is 0.251 e. The smallest absolute Gasteiger partial charge is 0.251 e. The van der Waals surface area contributed by atoms with Crippen LogP contribution in [0.2, 0.25) is 5.02 Å². The molecule has 0 unspecified atom stereocenters. The number of hydrogen-bond donors (Lipinski definition) is 1. The fourth-order valence-corrected chi connectivity index (χ4v) is 2.28. The summed E-state index contributed by atoms with van der Waals surface area (Å²) in [5.41, 5.74) is 0.693. The van der Waals surface area contributed by atoms with Gasteiger partial charge in [0.25, 0.3) is 5.56 Å². The van der Waals surface area contributed by atoms with Crippen molar-refractivity contribution in [1.29, 1.82) is 0 Å². The monoisotopic (exact) mass is 354 g/mol. The summed E-state index contributed by atoms with van der Waals surface area (Å²) < 4.78 is 2.09. The molecule has 0 radical (unpaired) electrons. The predicted molar refractivity (Wildman–Crippen MR) is 81.7 cm³/mol. The molecule has 0 aliphatic heterocycles. The van der Waals surface area contributed by atoms with Gasteiger partial charge in [0.2, 0.25) is 5.91 Å². The van der Waals surface area contributed by atoms with E-state index < -0.39 is 0 Å². The molecule has 1 amide bonds. The molecule has 6 heteroatoms. The normalized spacial score (nSPS) is 10.3. The molecule has 0 spiro atoms. The van der Waals surface area contributed by atoms with Crippen molar-refractivity contribution >= 4 is 33.4 Å². The number of hydrogen-bond acceptors (Lipinski definition) is 2. The molecular formula is C14H12BrClN2O2. The fourth-order valence-electron chi connectivity index (χ4n) is 1.68. The minimum atomic E-state index is -0.231. The van der Waals surface area contributed by atoms with Crippen molar-refractivity contribution in [2.45, 2.75) is 13.1 Å². The number of aromatic nitrogens is 1. The van der Waals surface area contributed by atoms with Crippen LogP contribution in [-0.2, 0) is 17.9 Å². The third-order valence-electron chi connectivity index (χ3n) is 2.64. The van der Waals surface area contributed by atoms with E-state index in [2.05, 4.69) is 21.2 Å². The van der Waals surface area contributed by atoms with Gasteiger partial charge in [-0.1, -0.05) is 23.7 Å². The summed E-state index contributed by atoms with van der Waals surface area (Å²) in [6.07, 6.45) is 1.58. The predicted octanol–water partition coefficient (Wildman–Crippen LogP) is 2.58. The van der Waals surface area contributed by atoms with Gasteiger partial charge in [0, 0.05) is 28.3 Å². The quantitative estimate of drug-likeness (QED) is 0.916. The van der Waals surface area contributed by atoms with Gasteiger partial charge in [-0.3, -0.25) is 9.59 Å². The van der Waals surface area contributed by atoms with E-state index in [-0.39, 0.29) is 18.0 Å². The summed E-state index contributed by atoms with van der Waals surface area (Å²) in [5.74, 6) is -0.231. The molecular weight excluding hydrogens is 344 g/mol. The molecule has 1 heterocycles. The molecule has 0 saturated carbocycles. The molecule has 1 aromatic carbocycles. The summed E-state index contributed by atoms with van der Waals surface area (Å²) in [5, 5.41) is 3.37. The lowest BCUT2D eigenvalue weighted by atomic mass is 10.2. The third-order valence-corrected chi connectivity index (χ3v) is 3.34. The Morgan fingerprint density at radius 3 is 2.85 bits per heavy atom. The average Bonchev–Trinajstić information content (AvgIpc) is 2.41. The molecule has 1 aromatic heterocycles. The Morgan fingerprint density at radius 2 is 2.10 bits per heavy atom. The largest absolute Gasteiger partial charge is 0.350 e. The third kappa shape index (κ3) is 4.21. The number of nitrogens with one attached hydrogen (secondary N) is 1. The number of carbonyl (C=O) groups excluding carboxylic acids is 1. The van der Waals surface area contributed by atoms with E-state index in [4.69, 9.17) is 11.6 Å². The Bertz CT molecular complexity index is 685. The number of halogens is 2. The number of carbonyl (C=O) groups is 1. The highest BCUT2D eigenvalue weighted by Crippen LogP contribution is 2.10. The summed E-state index contributed by atoms with van der Waals surface area (Å²) in [7, 11) is 0. The second-order valence-corrected chi connectivity index (χ2v) is 5.57. The van der Waals surface area contributed by atoms with E-state index in [0.29, 0.717) is 11.6 Å². The lowest BCUT2D eigenvalue weighted by Gasteiger charge is -2.08. The van der Waals surface area contributed by atoms with Crippen molar-refractivity contribution in [3.63, 3.8) is 0 Å². The van der Waals surface area contributed by atoms with E-state index in [0.717, 1.165) is 10.0 Å². The molecule has 20 heavy (non-hydrogen) atoms. The fraction of sp³-hybridized carbons (Fsp3) is 0.143. The molecule has 0 aliphatic rings. The van der Waals surface area contributed by atoms with Crippen molar-refractivity contribution in [3.8, 4) is 0 Å². The molecule has 2 aromatic rings. The van der Waals surface area contributed by atoms with Crippen molar-refractivity contribution in [3.05, 3.63) is 68.0 Å². The number of nitrogens with zero attached hydrogens (tertiary/aromatic N) is 1. The first-order chi connectivity index (χ1) is 9.54. The zero-order valence-electron chi connectivity index (χ0n) is 10.5. The van der Waals surface area contributed by atoms with E-state index in [1.54, 1.807) is 24.4 Å². The van der Waals surface area contributed by atoms with E-state index in [1.165, 1.54) is 10.6 Å². The highest BCUT2D eigenvalue weighted by Gasteiger charge is 2.05. The second kappa shape index (κ2) is 6.72. The van der Waals surface area contributed by atoms with Crippen molar-refractivity contribution in [2.75, 3.05) is 0 Å². The number of rotatable bonds is 4. The van der Waals surface area contributed by atoms with Gasteiger partial charge in [-0.15, -0.1) is 0 Å². The van der Waals surface area contributed by atoms with E-state index >= 15 is 0 Å². The minimum Gasteiger partial charge on any atom is -0.350 e. The zero-order valence-corrected chi connectivity index (χ0v) is 12.8. The lowest BCUT2D eigenvalue weighted by Crippen LogP contribution is -2.31. The highest BCUT2D eigenvalue weighted by molar-refractivity contribution is 9.10. The summed E-state index contributed by atoms with van der Waals surface area (Å²) in [4.78, 5) is 23.4. The van der Waals surface area contributed by atoms with Crippen LogP contribution in [0.1, 0.15) is 5.56 Å². The van der Waals surface area contributed by atoms with Crippen LogP contribution >= 0.6 is 27.5 Å². The van der Waals surface area contributed by atoms with Crippen LogP contribution in [0.15, 0.2) is 51.9 Å². The van der Waals surface area contributed by atoms with Crippen LogP contribution in [0.5, 0.6) is 0 Å². The van der Waals surface area contributed by atoms with E-state index in [1.807, 2.05) is 12.1 Å². The standard InChI is InChI=1S/C14H12BrClN2O2/c15-11-4-5-14(20)18(8-11)9-13(19)17-7-10-2-1-3-12(16)6-10/h1-6,8H,7,9H2,(H,17,19). The molecule has 4 nitrogen and oxygen atoms in total. The van der Waals surface area contributed by atoms with Crippen LogP contribution in [0, 0.1) is 0 Å². The van der Waals surface area contributed by atoms with Crippen LogP contribution in [0.25, 0.3) is 0 Å². The zero-order chi connectivity index (χ0) is 14.5. The Morgan fingerprint density at radius 1 is 1.30 bits per heavy atom. The van der Waals surface area contributed by atoms with Crippen LogP contribution in [0.4, 0.5) is 0 Å². The van der Waals surface area contributed by atoms with Crippen molar-refractivity contribution in [1.82, 2.24) is 9.88 Å². The van der Waals surface area contributed by atoms with Gasteiger partial charge < -0.3 is 9.88 Å². The molecule has 0 atom stereocenters. The first kappa shape index (κ1) is 14.8. The second-order valence-electron chi connectivity index (χ2n) is 4.22. The maximum absolute atomic E-state index is 11.8. The molecule has 2 rings (SSSR count). The molecule has 0 fully saturated rings. The van der Waals surface area contributed by atoms with Gasteiger partial charge in [0.05, 0.1) is 0 Å². The Balaban J connectivity index is 1.96. The summed E-state index contributed by atoms with van der Waals surface area (Å²) in [6, 6.07) is 10.3. The van der Waals surface area contributed by atoms with Crippen molar-refractivity contribution in [2.24, 2.45) is 0 Å². The highest BCUT2D eigenvalue weighted by atomic mass is 79.9. The molecule has 104 valence electrons. The molecule has 1 N–H and O–H groups in total. The number of pyridine rings is 1. The van der Waals surface area contributed by atoms with Crippen molar-refractivity contribution < 1.29 is 4.79 Å². The summed E-state index contributed by atoms with van der Waals surface area (Å²) in [6.45, 7) is 0.362. The Kier molecular flexibility index (Phi) is 4.98. The van der Waals surface area contributed by atoms with Gasteiger partial charge in [-0.2, -0.15) is 0 Å². The van der Waals surface area contributed by atoms with Gasteiger partial charge in [0.1, 0.15) is 6.54 Å². The number of amides is 1. The first-order valence-corrected chi connectivity index (χ1v) is 7.09. The van der Waals surface area contributed by atoms with Gasteiger partial charge >= 0.3 is 0 Å². The van der Waals surface area contributed by atoms with Gasteiger partial charge in [-0.25, -0.2) is 0 Å². The van der Waals surface area contributed by atoms with Crippen LogP contribution < -0.4 is 10.9 Å². The lowest BCUT2D eigenvalue weighted by molar-refractivity contribution is -0.121. The SMILES string of the molecule is O=C(Cn1cc(Br)ccc1=O)NCc1cccc(Cl)c1. The molecule has 0 bridgehead atoms. The van der Waals surface area contributed by atoms with Gasteiger partial charge in [0.15, 0.2) is 0 Å².